The van der Waals surface area contributed by atoms with E-state index in [1.165, 1.54) is 18.2 Å². The van der Waals surface area contributed by atoms with Gasteiger partial charge in [0.25, 0.3) is 0 Å². The number of fused-ring (bicyclic) bond motifs is 1. The molecule has 1 N–H and O–H groups in total. The van der Waals surface area contributed by atoms with Crippen LogP contribution in [0.1, 0.15) is 11.1 Å². The monoisotopic (exact) mass is 354 g/mol. The summed E-state index contributed by atoms with van der Waals surface area (Å²) < 4.78 is 45.1. The summed E-state index contributed by atoms with van der Waals surface area (Å²) in [5.41, 5.74) is -0.347. The van der Waals surface area contributed by atoms with Crippen molar-refractivity contribution in [2.45, 2.75) is 12.3 Å². The summed E-state index contributed by atoms with van der Waals surface area (Å²) in [4.78, 5) is 11.6. The maximum absolute atomic E-state index is 13.4. The van der Waals surface area contributed by atoms with Crippen molar-refractivity contribution < 1.29 is 27.8 Å². The van der Waals surface area contributed by atoms with Crippen LogP contribution in [0.15, 0.2) is 54.1 Å². The lowest BCUT2D eigenvalue weighted by Crippen LogP contribution is -2.41. The molecule has 0 saturated carbocycles. The van der Waals surface area contributed by atoms with E-state index in [1.54, 1.807) is 30.3 Å². The second-order valence-corrected chi connectivity index (χ2v) is 5.58. The number of carboxylic acid groups (broad SMARTS) is 1. The molecule has 124 valence electrons. The largest absolute Gasteiger partial charge is 0.478 e. The number of ether oxygens (including phenoxy) is 1. The van der Waals surface area contributed by atoms with Gasteiger partial charge in [-0.1, -0.05) is 41.9 Å². The fraction of sp³-hybridized carbons (Fsp3) is 0.118. The standard InChI is InChI=1S/C17H10ClF3O3/c18-10-6-7-12-11(8-10)13(9-4-2-1-3-5-9)14(16(22)23)15(24-12)17(19,20)21/h1-8,15H,(H,22,23). The van der Waals surface area contributed by atoms with E-state index >= 15 is 0 Å². The Morgan fingerprint density at radius 2 is 1.79 bits per heavy atom. The molecule has 1 heterocycles. The fourth-order valence-electron chi connectivity index (χ4n) is 2.63. The van der Waals surface area contributed by atoms with Crippen LogP contribution in [0.4, 0.5) is 13.2 Å². The molecule has 1 unspecified atom stereocenters. The molecule has 0 aliphatic carbocycles. The molecule has 3 nitrogen and oxygen atoms in total. The molecular weight excluding hydrogens is 345 g/mol. The Kier molecular flexibility index (Phi) is 4.01. The van der Waals surface area contributed by atoms with Gasteiger partial charge in [-0.05, 0) is 23.8 Å². The van der Waals surface area contributed by atoms with Crippen molar-refractivity contribution in [1.82, 2.24) is 0 Å². The first kappa shape index (κ1) is 16.4. The van der Waals surface area contributed by atoms with Crippen LogP contribution in [0.3, 0.4) is 0 Å². The van der Waals surface area contributed by atoms with E-state index in [2.05, 4.69) is 0 Å². The summed E-state index contributed by atoms with van der Waals surface area (Å²) in [6.45, 7) is 0. The Bertz CT molecular complexity index is 829. The molecule has 0 radical (unpaired) electrons. The van der Waals surface area contributed by atoms with Gasteiger partial charge in [0.2, 0.25) is 6.10 Å². The van der Waals surface area contributed by atoms with E-state index in [0.29, 0.717) is 5.56 Å². The molecule has 1 atom stereocenters. The maximum atomic E-state index is 13.4. The summed E-state index contributed by atoms with van der Waals surface area (Å²) in [5.74, 6) is -1.76. The van der Waals surface area contributed by atoms with Gasteiger partial charge in [0, 0.05) is 16.2 Å². The highest BCUT2D eigenvalue weighted by Crippen LogP contribution is 2.44. The third-order valence-corrected chi connectivity index (χ3v) is 3.81. The number of aliphatic carboxylic acids is 1. The number of carboxylic acids is 1. The van der Waals surface area contributed by atoms with Crippen LogP contribution in [0.2, 0.25) is 5.02 Å². The highest BCUT2D eigenvalue weighted by atomic mass is 35.5. The van der Waals surface area contributed by atoms with Crippen LogP contribution in [0, 0.1) is 0 Å². The SMILES string of the molecule is O=C(O)C1=C(c2ccccc2)c2cc(Cl)ccc2OC1C(F)(F)F. The maximum Gasteiger partial charge on any atom is 0.430 e. The zero-order chi connectivity index (χ0) is 17.5. The minimum Gasteiger partial charge on any atom is -0.478 e. The highest BCUT2D eigenvalue weighted by Gasteiger charge is 2.50. The lowest BCUT2D eigenvalue weighted by molar-refractivity contribution is -0.187. The molecule has 0 bridgehead atoms. The molecule has 3 rings (SSSR count). The van der Waals surface area contributed by atoms with Gasteiger partial charge >= 0.3 is 12.1 Å². The molecule has 0 amide bonds. The van der Waals surface area contributed by atoms with Crippen molar-refractivity contribution in [2.24, 2.45) is 0 Å². The molecule has 2 aromatic rings. The minimum atomic E-state index is -4.87. The Morgan fingerprint density at radius 1 is 1.12 bits per heavy atom. The highest BCUT2D eigenvalue weighted by molar-refractivity contribution is 6.31. The summed E-state index contributed by atoms with van der Waals surface area (Å²) in [6, 6.07) is 12.1. The summed E-state index contributed by atoms with van der Waals surface area (Å²) >= 11 is 5.94. The number of rotatable bonds is 2. The summed E-state index contributed by atoms with van der Waals surface area (Å²) in [5, 5.41) is 9.69. The van der Waals surface area contributed by atoms with E-state index in [1.807, 2.05) is 0 Å². The average Bonchev–Trinajstić information content (AvgIpc) is 2.52. The van der Waals surface area contributed by atoms with E-state index < -0.39 is 23.8 Å². The third kappa shape index (κ3) is 2.85. The second kappa shape index (κ2) is 5.87. The van der Waals surface area contributed by atoms with Crippen LogP contribution in [0.5, 0.6) is 5.75 Å². The molecular formula is C17H10ClF3O3. The molecule has 0 aromatic heterocycles. The molecule has 2 aromatic carbocycles. The van der Waals surface area contributed by atoms with E-state index in [0.717, 1.165) is 0 Å². The predicted molar refractivity (Wildman–Crippen MR) is 82.0 cm³/mol. The number of hydrogen-bond acceptors (Lipinski definition) is 2. The molecule has 0 spiro atoms. The number of benzene rings is 2. The van der Waals surface area contributed by atoms with Crippen molar-refractivity contribution >= 4 is 23.1 Å². The van der Waals surface area contributed by atoms with Crippen LogP contribution in [-0.2, 0) is 4.79 Å². The Balaban J connectivity index is 2.37. The summed E-state index contributed by atoms with van der Waals surface area (Å²) in [7, 11) is 0. The van der Waals surface area contributed by atoms with E-state index in [9.17, 15) is 23.1 Å². The van der Waals surface area contributed by atoms with Crippen LogP contribution in [-0.4, -0.2) is 23.4 Å². The molecule has 7 heteroatoms. The minimum absolute atomic E-state index is 0.0471. The van der Waals surface area contributed by atoms with Crippen molar-refractivity contribution in [3.8, 4) is 5.75 Å². The third-order valence-electron chi connectivity index (χ3n) is 3.58. The molecule has 24 heavy (non-hydrogen) atoms. The van der Waals surface area contributed by atoms with Gasteiger partial charge in [0.15, 0.2) is 0 Å². The first-order valence-electron chi connectivity index (χ1n) is 6.85. The van der Waals surface area contributed by atoms with E-state index in [-0.39, 0.29) is 21.9 Å². The lowest BCUT2D eigenvalue weighted by Gasteiger charge is -2.30. The topological polar surface area (TPSA) is 46.5 Å². The quantitative estimate of drug-likeness (QED) is 0.860. The lowest BCUT2D eigenvalue weighted by atomic mass is 9.87. The predicted octanol–water partition coefficient (Wildman–Crippen LogP) is 4.55. The average molecular weight is 355 g/mol. The van der Waals surface area contributed by atoms with Gasteiger partial charge in [-0.15, -0.1) is 0 Å². The molecule has 0 fully saturated rings. The van der Waals surface area contributed by atoms with Gasteiger partial charge in [0.05, 0.1) is 5.57 Å². The van der Waals surface area contributed by atoms with Crippen LogP contribution < -0.4 is 4.74 Å². The second-order valence-electron chi connectivity index (χ2n) is 5.14. The van der Waals surface area contributed by atoms with Crippen LogP contribution >= 0.6 is 11.6 Å². The van der Waals surface area contributed by atoms with Gasteiger partial charge in [-0.25, -0.2) is 4.79 Å². The zero-order valence-corrected chi connectivity index (χ0v) is 12.7. The molecule has 0 saturated heterocycles. The van der Waals surface area contributed by atoms with Gasteiger partial charge in [-0.3, -0.25) is 0 Å². The van der Waals surface area contributed by atoms with Crippen LogP contribution in [0.25, 0.3) is 5.57 Å². The Hall–Kier alpha value is -2.47. The first-order valence-corrected chi connectivity index (χ1v) is 7.23. The van der Waals surface area contributed by atoms with Gasteiger partial charge < -0.3 is 9.84 Å². The van der Waals surface area contributed by atoms with Crippen molar-refractivity contribution in [3.05, 3.63) is 70.3 Å². The fourth-order valence-corrected chi connectivity index (χ4v) is 2.80. The number of halogens is 4. The smallest absolute Gasteiger partial charge is 0.430 e. The number of hydrogen-bond donors (Lipinski definition) is 1. The van der Waals surface area contributed by atoms with Gasteiger partial charge in [-0.2, -0.15) is 13.2 Å². The van der Waals surface area contributed by atoms with Crippen molar-refractivity contribution in [1.29, 1.82) is 0 Å². The Morgan fingerprint density at radius 3 is 2.38 bits per heavy atom. The normalized spacial score (nSPS) is 17.2. The summed E-state index contributed by atoms with van der Waals surface area (Å²) in [6.07, 6.45) is -7.43. The van der Waals surface area contributed by atoms with Crippen molar-refractivity contribution in [3.63, 3.8) is 0 Å². The number of alkyl halides is 3. The Labute approximate surface area is 139 Å². The van der Waals surface area contributed by atoms with Gasteiger partial charge in [0.1, 0.15) is 5.75 Å². The van der Waals surface area contributed by atoms with E-state index in [4.69, 9.17) is 16.3 Å². The first-order chi connectivity index (χ1) is 11.3. The van der Waals surface area contributed by atoms with Crippen molar-refractivity contribution in [2.75, 3.05) is 0 Å². The molecule has 1 aliphatic rings. The zero-order valence-electron chi connectivity index (χ0n) is 12.0. The number of carbonyl (C=O) groups is 1. The molecule has 1 aliphatic heterocycles.